The Kier molecular flexibility index (Phi) is 7.57. The molecule has 0 spiro atoms. The number of amides is 2. The number of fused-ring (bicyclic) bond motifs is 1. The van der Waals surface area contributed by atoms with E-state index in [0.717, 1.165) is 0 Å². The van der Waals surface area contributed by atoms with E-state index in [1.807, 2.05) is 0 Å². The predicted molar refractivity (Wildman–Crippen MR) is 116 cm³/mol. The molecule has 0 radical (unpaired) electrons. The summed E-state index contributed by atoms with van der Waals surface area (Å²) in [7, 11) is 1.56. The van der Waals surface area contributed by atoms with Crippen LogP contribution in [0, 0.1) is 5.92 Å². The molecule has 1 saturated heterocycles. The SMILES string of the molecule is C=CC(=O)N1CC[C@H](Nc2cnc3[nH]cc(C(=O)NCC(C)CC(F)(F)F)c3n2)C(OC)C1. The van der Waals surface area contributed by atoms with Crippen molar-refractivity contribution >= 4 is 28.8 Å². The number of hydrogen-bond donors (Lipinski definition) is 3. The number of hydrogen-bond acceptors (Lipinski definition) is 6. The van der Waals surface area contributed by atoms with Gasteiger partial charge in [-0.3, -0.25) is 9.59 Å². The molecule has 12 heteroatoms. The predicted octanol–water partition coefficient (Wildman–Crippen LogP) is 2.49. The second-order valence-corrected chi connectivity index (χ2v) is 8.09. The number of ether oxygens (including phenoxy) is 1. The van der Waals surface area contributed by atoms with Crippen LogP contribution in [0.25, 0.3) is 11.2 Å². The first-order chi connectivity index (χ1) is 15.6. The summed E-state index contributed by atoms with van der Waals surface area (Å²) < 4.78 is 43.1. The fourth-order valence-electron chi connectivity index (χ4n) is 3.80. The number of H-pyrrole nitrogens is 1. The molecule has 2 unspecified atom stereocenters. The van der Waals surface area contributed by atoms with Gasteiger partial charge in [0.1, 0.15) is 11.3 Å². The Morgan fingerprint density at radius 3 is 2.88 bits per heavy atom. The van der Waals surface area contributed by atoms with E-state index < -0.39 is 24.4 Å². The maximum atomic E-state index is 12.6. The zero-order chi connectivity index (χ0) is 24.2. The summed E-state index contributed by atoms with van der Waals surface area (Å²) in [6.45, 7) is 5.72. The van der Waals surface area contributed by atoms with Crippen molar-refractivity contribution in [1.29, 1.82) is 0 Å². The standard InChI is InChI=1S/C21H27F3N6O3/c1-4-17(31)30-6-5-14(15(11-30)33-3)28-16-10-26-19-18(29-16)13(9-25-19)20(32)27-8-12(2)7-21(22,23)24/h4,9-10,12,14-15H,1,5-8,11H2,2-3H3,(H,25,26)(H,27,32)(H,28,29)/t12?,14-,15?/m0/s1. The van der Waals surface area contributed by atoms with Crippen LogP contribution in [0.4, 0.5) is 19.0 Å². The first-order valence-electron chi connectivity index (χ1n) is 10.5. The van der Waals surface area contributed by atoms with Crippen molar-refractivity contribution in [2.24, 2.45) is 5.92 Å². The molecule has 0 bridgehead atoms. The minimum atomic E-state index is -4.29. The molecule has 3 N–H and O–H groups in total. The van der Waals surface area contributed by atoms with E-state index in [2.05, 4.69) is 32.2 Å². The Morgan fingerprint density at radius 2 is 2.21 bits per heavy atom. The number of aromatic nitrogens is 3. The summed E-state index contributed by atoms with van der Waals surface area (Å²) in [5, 5.41) is 5.78. The Bertz CT molecular complexity index is 1010. The number of rotatable bonds is 8. The summed E-state index contributed by atoms with van der Waals surface area (Å²) in [5.41, 5.74) is 0.869. The van der Waals surface area contributed by atoms with Crippen LogP contribution in [0.2, 0.25) is 0 Å². The van der Waals surface area contributed by atoms with Gasteiger partial charge in [0.25, 0.3) is 5.91 Å². The Morgan fingerprint density at radius 1 is 1.45 bits per heavy atom. The summed E-state index contributed by atoms with van der Waals surface area (Å²) in [6.07, 6.45) is -0.740. The normalized spacial score (nSPS) is 19.8. The highest BCUT2D eigenvalue weighted by atomic mass is 19.4. The lowest BCUT2D eigenvalue weighted by atomic mass is 10.0. The average Bonchev–Trinajstić information content (AvgIpc) is 3.19. The number of carbonyl (C=O) groups excluding carboxylic acids is 2. The number of likely N-dealkylation sites (tertiary alicyclic amines) is 1. The van der Waals surface area contributed by atoms with E-state index in [4.69, 9.17) is 4.74 Å². The third-order valence-electron chi connectivity index (χ3n) is 5.50. The lowest BCUT2D eigenvalue weighted by Gasteiger charge is -2.37. The van der Waals surface area contributed by atoms with Crippen LogP contribution >= 0.6 is 0 Å². The van der Waals surface area contributed by atoms with E-state index >= 15 is 0 Å². The molecule has 2 aromatic heterocycles. The van der Waals surface area contributed by atoms with Crippen LogP contribution in [0.3, 0.4) is 0 Å². The zero-order valence-corrected chi connectivity index (χ0v) is 18.4. The topological polar surface area (TPSA) is 112 Å². The molecule has 1 fully saturated rings. The Labute approximate surface area is 188 Å². The Hall–Kier alpha value is -3.15. The van der Waals surface area contributed by atoms with Gasteiger partial charge in [-0.25, -0.2) is 9.97 Å². The molecule has 0 aromatic carbocycles. The third-order valence-corrected chi connectivity index (χ3v) is 5.50. The van der Waals surface area contributed by atoms with Crippen LogP contribution < -0.4 is 10.6 Å². The molecule has 3 heterocycles. The lowest BCUT2D eigenvalue weighted by molar-refractivity contribution is -0.142. The van der Waals surface area contributed by atoms with Crippen molar-refractivity contribution in [3.05, 3.63) is 30.6 Å². The number of nitrogens with one attached hydrogen (secondary N) is 3. The van der Waals surface area contributed by atoms with E-state index in [0.29, 0.717) is 36.5 Å². The molecule has 2 aromatic rings. The van der Waals surface area contributed by atoms with E-state index in [-0.39, 0.29) is 30.2 Å². The molecule has 2 amide bonds. The molecular weight excluding hydrogens is 441 g/mol. The molecule has 3 atom stereocenters. The smallest absolute Gasteiger partial charge is 0.377 e. The number of alkyl halides is 3. The third kappa shape index (κ3) is 6.21. The van der Waals surface area contributed by atoms with Crippen molar-refractivity contribution in [2.75, 3.05) is 32.1 Å². The highest BCUT2D eigenvalue weighted by Crippen LogP contribution is 2.24. The molecule has 9 nitrogen and oxygen atoms in total. The number of halogens is 3. The fourth-order valence-corrected chi connectivity index (χ4v) is 3.80. The fraction of sp³-hybridized carbons (Fsp3) is 0.524. The van der Waals surface area contributed by atoms with Crippen LogP contribution in [-0.2, 0) is 9.53 Å². The summed E-state index contributed by atoms with van der Waals surface area (Å²) in [6, 6.07) is -0.143. The zero-order valence-electron chi connectivity index (χ0n) is 18.4. The number of nitrogens with zero attached hydrogens (tertiary/aromatic N) is 3. The van der Waals surface area contributed by atoms with Crippen molar-refractivity contribution in [3.63, 3.8) is 0 Å². The first kappa shape index (κ1) is 24.5. The van der Waals surface area contributed by atoms with Gasteiger partial charge in [0.15, 0.2) is 5.65 Å². The average molecular weight is 468 g/mol. The minimum Gasteiger partial charge on any atom is -0.377 e. The van der Waals surface area contributed by atoms with Crippen LogP contribution in [0.5, 0.6) is 0 Å². The molecule has 0 saturated carbocycles. The monoisotopic (exact) mass is 468 g/mol. The number of piperidine rings is 1. The molecule has 33 heavy (non-hydrogen) atoms. The van der Waals surface area contributed by atoms with E-state index in [1.165, 1.54) is 25.4 Å². The second-order valence-electron chi connectivity index (χ2n) is 8.09. The van der Waals surface area contributed by atoms with Crippen molar-refractivity contribution < 1.29 is 27.5 Å². The highest BCUT2D eigenvalue weighted by molar-refractivity contribution is 6.04. The van der Waals surface area contributed by atoms with Gasteiger partial charge in [0.2, 0.25) is 5.91 Å². The quantitative estimate of drug-likeness (QED) is 0.514. The van der Waals surface area contributed by atoms with Gasteiger partial charge in [0, 0.05) is 39.4 Å². The van der Waals surface area contributed by atoms with E-state index in [1.54, 1.807) is 12.0 Å². The van der Waals surface area contributed by atoms with Crippen molar-refractivity contribution in [2.45, 2.75) is 38.1 Å². The molecule has 3 rings (SSSR count). The second kappa shape index (κ2) is 10.2. The van der Waals surface area contributed by atoms with Crippen LogP contribution in [-0.4, -0.2) is 76.7 Å². The summed E-state index contributed by atoms with van der Waals surface area (Å²) in [4.78, 5) is 37.7. The molecule has 0 aliphatic carbocycles. The van der Waals surface area contributed by atoms with Gasteiger partial charge in [0.05, 0.1) is 23.9 Å². The number of anilines is 1. The van der Waals surface area contributed by atoms with Crippen molar-refractivity contribution in [1.82, 2.24) is 25.2 Å². The van der Waals surface area contributed by atoms with Gasteiger partial charge in [-0.2, -0.15) is 13.2 Å². The van der Waals surface area contributed by atoms with Gasteiger partial charge >= 0.3 is 6.18 Å². The minimum absolute atomic E-state index is 0.117. The van der Waals surface area contributed by atoms with Crippen LogP contribution in [0.15, 0.2) is 25.0 Å². The van der Waals surface area contributed by atoms with Gasteiger partial charge < -0.3 is 25.3 Å². The van der Waals surface area contributed by atoms with Crippen LogP contribution in [0.1, 0.15) is 30.1 Å². The number of methoxy groups -OCH3 is 1. The number of carbonyl (C=O) groups is 2. The maximum absolute atomic E-state index is 12.6. The molecule has 1 aliphatic rings. The lowest BCUT2D eigenvalue weighted by Crippen LogP contribution is -2.52. The Balaban J connectivity index is 1.68. The van der Waals surface area contributed by atoms with Crippen molar-refractivity contribution in [3.8, 4) is 0 Å². The van der Waals surface area contributed by atoms with Gasteiger partial charge in [-0.15, -0.1) is 0 Å². The maximum Gasteiger partial charge on any atom is 0.389 e. The highest BCUT2D eigenvalue weighted by Gasteiger charge is 2.32. The number of aromatic amines is 1. The first-order valence-corrected chi connectivity index (χ1v) is 10.5. The van der Waals surface area contributed by atoms with E-state index in [9.17, 15) is 22.8 Å². The molecule has 180 valence electrons. The largest absolute Gasteiger partial charge is 0.389 e. The van der Waals surface area contributed by atoms with Gasteiger partial charge in [-0.05, 0) is 18.4 Å². The molecule has 1 aliphatic heterocycles. The molecular formula is C21H27F3N6O3. The van der Waals surface area contributed by atoms with Gasteiger partial charge in [-0.1, -0.05) is 13.5 Å². The summed E-state index contributed by atoms with van der Waals surface area (Å²) >= 11 is 0. The summed E-state index contributed by atoms with van der Waals surface area (Å²) in [5.74, 6) is -1.04.